The van der Waals surface area contributed by atoms with Crippen LogP contribution in [-0.2, 0) is 0 Å². The zero-order valence-electron chi connectivity index (χ0n) is 17.9. The third-order valence-corrected chi connectivity index (χ3v) is 5.37. The van der Waals surface area contributed by atoms with Crippen LogP contribution in [0.15, 0.2) is 60.1 Å². The molecular weight excluding hydrogens is 423 g/mol. The van der Waals surface area contributed by atoms with E-state index in [9.17, 15) is 4.39 Å². The van der Waals surface area contributed by atoms with Crippen molar-refractivity contribution >= 4 is 11.8 Å². The Bertz CT molecular complexity index is 1220. The van der Waals surface area contributed by atoms with Gasteiger partial charge in [-0.25, -0.2) is 24.3 Å². The Balaban J connectivity index is 1.17. The fourth-order valence-corrected chi connectivity index (χ4v) is 3.66. The zero-order valence-corrected chi connectivity index (χ0v) is 17.9. The molecule has 1 N–H and O–H groups in total. The van der Waals surface area contributed by atoms with Gasteiger partial charge in [0.15, 0.2) is 5.96 Å². The topological polar surface area (TPSA) is 100 Å². The molecule has 166 valence electrons. The molecular formula is C22H21FN10. The van der Waals surface area contributed by atoms with E-state index in [0.717, 1.165) is 37.0 Å². The molecule has 2 aliphatic heterocycles. The highest BCUT2D eigenvalue weighted by atomic mass is 19.1. The van der Waals surface area contributed by atoms with E-state index in [1.165, 1.54) is 24.9 Å². The predicted octanol–water partition coefficient (Wildman–Crippen LogP) is 0.997. The lowest BCUT2D eigenvalue weighted by atomic mass is 10.2. The molecule has 33 heavy (non-hydrogen) atoms. The summed E-state index contributed by atoms with van der Waals surface area (Å²) in [5.41, 5.74) is 1.59. The average molecular weight is 444 g/mol. The van der Waals surface area contributed by atoms with Crippen molar-refractivity contribution < 1.29 is 4.39 Å². The molecule has 3 aromatic heterocycles. The maximum Gasteiger partial charge on any atom is 0.236 e. The van der Waals surface area contributed by atoms with Crippen molar-refractivity contribution in [1.82, 2.24) is 39.9 Å². The second kappa shape index (κ2) is 9.04. The highest BCUT2D eigenvalue weighted by molar-refractivity contribution is 5.83. The molecule has 0 saturated carbocycles. The van der Waals surface area contributed by atoms with Gasteiger partial charge in [-0.2, -0.15) is 0 Å². The van der Waals surface area contributed by atoms with Crippen LogP contribution in [0.25, 0.3) is 5.95 Å². The molecule has 0 bridgehead atoms. The Morgan fingerprint density at radius 2 is 1.85 bits per heavy atom. The number of anilines is 1. The van der Waals surface area contributed by atoms with Gasteiger partial charge in [-0.3, -0.25) is 4.57 Å². The molecule has 0 unspecified atom stereocenters. The molecule has 0 radical (unpaired) electrons. The summed E-state index contributed by atoms with van der Waals surface area (Å²) in [4.78, 5) is 21.8. The van der Waals surface area contributed by atoms with Gasteiger partial charge in [0, 0.05) is 49.8 Å². The second-order valence-corrected chi connectivity index (χ2v) is 7.67. The molecule has 10 nitrogen and oxygen atoms in total. The molecule has 1 fully saturated rings. The Hall–Kier alpha value is -4.33. The normalized spacial score (nSPS) is 18.1. The number of aromatic nitrogens is 6. The van der Waals surface area contributed by atoms with E-state index in [-0.39, 0.29) is 11.9 Å². The van der Waals surface area contributed by atoms with E-state index in [1.807, 2.05) is 6.20 Å². The van der Waals surface area contributed by atoms with Crippen LogP contribution in [0.3, 0.4) is 0 Å². The monoisotopic (exact) mass is 444 g/mol. The van der Waals surface area contributed by atoms with Crippen molar-refractivity contribution in [3.05, 3.63) is 66.5 Å². The summed E-state index contributed by atoms with van der Waals surface area (Å²) in [5, 5.41) is 10.8. The summed E-state index contributed by atoms with van der Waals surface area (Å²) in [5.74, 6) is 7.98. The van der Waals surface area contributed by atoms with Crippen molar-refractivity contribution in [1.29, 1.82) is 0 Å². The van der Waals surface area contributed by atoms with E-state index in [1.54, 1.807) is 23.0 Å². The van der Waals surface area contributed by atoms with Crippen LogP contribution >= 0.6 is 0 Å². The number of guanidine groups is 1. The Morgan fingerprint density at radius 1 is 1.03 bits per heavy atom. The summed E-state index contributed by atoms with van der Waals surface area (Å²) < 4.78 is 14.8. The van der Waals surface area contributed by atoms with Crippen LogP contribution < -0.4 is 10.2 Å². The number of hydrogen-bond donors (Lipinski definition) is 1. The van der Waals surface area contributed by atoms with Crippen LogP contribution in [0.4, 0.5) is 10.2 Å². The zero-order chi connectivity index (χ0) is 22.6. The molecule has 5 rings (SSSR count). The van der Waals surface area contributed by atoms with Crippen LogP contribution in [0, 0.1) is 17.7 Å². The molecule has 5 heterocycles. The minimum absolute atomic E-state index is 0.222. The van der Waals surface area contributed by atoms with Gasteiger partial charge in [-0.1, -0.05) is 11.8 Å². The number of aliphatic imine (C=N–C) groups is 1. The van der Waals surface area contributed by atoms with Crippen molar-refractivity contribution in [3.63, 3.8) is 0 Å². The lowest BCUT2D eigenvalue weighted by molar-refractivity contribution is 0.289. The van der Waals surface area contributed by atoms with Crippen molar-refractivity contribution in [2.24, 2.45) is 4.99 Å². The number of halogens is 1. The van der Waals surface area contributed by atoms with E-state index in [2.05, 4.69) is 64.0 Å². The van der Waals surface area contributed by atoms with Gasteiger partial charge in [-0.15, -0.1) is 10.2 Å². The van der Waals surface area contributed by atoms with Gasteiger partial charge in [0.2, 0.25) is 5.95 Å². The molecule has 3 aromatic rings. The van der Waals surface area contributed by atoms with Crippen LogP contribution in [0.2, 0.25) is 0 Å². The quantitative estimate of drug-likeness (QED) is 0.585. The maximum absolute atomic E-state index is 13.1. The fourth-order valence-electron chi connectivity index (χ4n) is 3.66. The summed E-state index contributed by atoms with van der Waals surface area (Å²) in [7, 11) is 0. The Labute approximate surface area is 189 Å². The minimum Gasteiger partial charge on any atom is -0.353 e. The van der Waals surface area contributed by atoms with Crippen LogP contribution in [-0.4, -0.2) is 72.8 Å². The van der Waals surface area contributed by atoms with E-state index in [4.69, 9.17) is 0 Å². The smallest absolute Gasteiger partial charge is 0.236 e. The highest BCUT2D eigenvalue weighted by Gasteiger charge is 2.27. The molecule has 0 amide bonds. The summed E-state index contributed by atoms with van der Waals surface area (Å²) in [6.07, 6.45) is 9.55. The summed E-state index contributed by atoms with van der Waals surface area (Å²) in [6.45, 7) is 4.99. The van der Waals surface area contributed by atoms with Crippen molar-refractivity contribution in [2.75, 3.05) is 31.1 Å². The summed E-state index contributed by atoms with van der Waals surface area (Å²) in [6, 6.07) is 3.38. The van der Waals surface area contributed by atoms with Crippen LogP contribution in [0.5, 0.6) is 0 Å². The number of nitrogens with zero attached hydrogens (tertiary/aromatic N) is 9. The minimum atomic E-state index is -0.326. The predicted molar refractivity (Wildman–Crippen MR) is 120 cm³/mol. The first-order valence-electron chi connectivity index (χ1n) is 10.5. The molecule has 2 aliphatic rings. The number of hydrogen-bond acceptors (Lipinski definition) is 9. The van der Waals surface area contributed by atoms with E-state index in [0.29, 0.717) is 18.1 Å². The fraction of sp³-hybridized carbons (Fsp3) is 0.273. The number of piperazine rings is 1. The van der Waals surface area contributed by atoms with Crippen molar-refractivity contribution in [2.45, 2.75) is 13.0 Å². The number of pyridine rings is 1. The Morgan fingerprint density at radius 3 is 2.52 bits per heavy atom. The molecule has 0 aliphatic carbocycles. The summed E-state index contributed by atoms with van der Waals surface area (Å²) >= 11 is 0. The number of rotatable bonds is 2. The lowest BCUT2D eigenvalue weighted by Crippen LogP contribution is -2.57. The SMILES string of the molecule is C[C@H]1CN(c2ccc(F)cn2)CCN1C1=NCC(C#Cc2cnc(-n3cnnc3)nc2)=CN1. The first-order chi connectivity index (χ1) is 16.2. The second-order valence-electron chi connectivity index (χ2n) is 7.67. The van der Waals surface area contributed by atoms with Crippen molar-refractivity contribution in [3.8, 4) is 17.8 Å². The van der Waals surface area contributed by atoms with Gasteiger partial charge in [0.05, 0.1) is 18.3 Å². The first kappa shape index (κ1) is 20.6. The largest absolute Gasteiger partial charge is 0.353 e. The van der Waals surface area contributed by atoms with Gasteiger partial charge < -0.3 is 15.1 Å². The lowest BCUT2D eigenvalue weighted by Gasteiger charge is -2.42. The van der Waals surface area contributed by atoms with Gasteiger partial charge in [0.25, 0.3) is 0 Å². The molecule has 1 atom stereocenters. The first-order valence-corrected chi connectivity index (χ1v) is 10.5. The molecule has 0 spiro atoms. The Kier molecular flexibility index (Phi) is 5.63. The molecule has 1 saturated heterocycles. The van der Waals surface area contributed by atoms with Gasteiger partial charge in [0.1, 0.15) is 24.3 Å². The van der Waals surface area contributed by atoms with E-state index >= 15 is 0 Å². The van der Waals surface area contributed by atoms with E-state index < -0.39 is 0 Å². The average Bonchev–Trinajstić information content (AvgIpc) is 3.39. The highest BCUT2D eigenvalue weighted by Crippen LogP contribution is 2.18. The third-order valence-electron chi connectivity index (χ3n) is 5.37. The number of nitrogens with one attached hydrogen (secondary N) is 1. The molecule has 0 aromatic carbocycles. The van der Waals surface area contributed by atoms with Gasteiger partial charge >= 0.3 is 0 Å². The molecule has 11 heteroatoms. The third kappa shape index (κ3) is 4.64. The standard InChI is InChI=1S/C22H21FN10/c1-16-13-31(20-5-4-19(23)12-24-20)6-7-33(16)22-27-10-18(11-28-22)3-2-17-8-25-21(26-9-17)32-14-29-30-15-32/h4-5,8-10,12,14-16H,6-7,11,13H2,1H3,(H,27,28)/t16-/m0/s1. The maximum atomic E-state index is 13.1. The van der Waals surface area contributed by atoms with Gasteiger partial charge in [-0.05, 0) is 19.1 Å². The van der Waals surface area contributed by atoms with Crippen LogP contribution in [0.1, 0.15) is 12.5 Å².